The highest BCUT2D eigenvalue weighted by Crippen LogP contribution is 2.33. The van der Waals surface area contributed by atoms with Crippen molar-refractivity contribution in [3.63, 3.8) is 0 Å². The van der Waals surface area contributed by atoms with Gasteiger partial charge in [-0.2, -0.15) is 0 Å². The van der Waals surface area contributed by atoms with Gasteiger partial charge < -0.3 is 25.8 Å². The predicted molar refractivity (Wildman–Crippen MR) is 105 cm³/mol. The topological polar surface area (TPSA) is 107 Å². The van der Waals surface area contributed by atoms with Crippen molar-refractivity contribution in [3.8, 4) is 0 Å². The molecular formula is C19H31BN2O4. The van der Waals surface area contributed by atoms with Crippen LogP contribution < -0.4 is 5.73 Å². The standard InChI is InChI=1S/C19H31BN2O4/c1-4-8-16(5-2)15(3)22-13-9-17(10-14-22)19(21,18(23)24)11-6-7-12-20(25)26/h4-5,8,17,25-26H,1-3,6-7,9-14,21H2,(H,23,24)/b16-8+. The predicted octanol–water partition coefficient (Wildman–Crippen LogP) is 1.94. The maximum absolute atomic E-state index is 11.8. The molecule has 0 aromatic heterocycles. The number of nitrogens with two attached hydrogens (primary N) is 1. The molecule has 0 spiro atoms. The van der Waals surface area contributed by atoms with Crippen LogP contribution in [0.1, 0.15) is 32.1 Å². The van der Waals surface area contributed by atoms with E-state index in [4.69, 9.17) is 15.8 Å². The van der Waals surface area contributed by atoms with Crippen molar-refractivity contribution < 1.29 is 19.9 Å². The van der Waals surface area contributed by atoms with Crippen molar-refractivity contribution in [1.29, 1.82) is 0 Å². The highest BCUT2D eigenvalue weighted by Gasteiger charge is 2.43. The third kappa shape index (κ3) is 5.86. The smallest absolute Gasteiger partial charge is 0.451 e. The number of aliphatic carboxylic acids is 1. The van der Waals surface area contributed by atoms with Crippen LogP contribution in [0, 0.1) is 5.92 Å². The Hall–Kier alpha value is -1.83. The van der Waals surface area contributed by atoms with Crippen LogP contribution in [-0.4, -0.2) is 51.8 Å². The molecule has 1 rings (SSSR count). The summed E-state index contributed by atoms with van der Waals surface area (Å²) in [5, 5.41) is 27.5. The van der Waals surface area contributed by atoms with Crippen molar-refractivity contribution in [3.05, 3.63) is 49.2 Å². The molecule has 0 aromatic carbocycles. The molecule has 1 atom stereocenters. The van der Waals surface area contributed by atoms with Gasteiger partial charge in [-0.3, -0.25) is 4.79 Å². The molecule has 0 aliphatic carbocycles. The Morgan fingerprint density at radius 3 is 2.35 bits per heavy atom. The Morgan fingerprint density at radius 1 is 1.27 bits per heavy atom. The van der Waals surface area contributed by atoms with Gasteiger partial charge in [0, 0.05) is 18.8 Å². The zero-order valence-electron chi connectivity index (χ0n) is 15.4. The molecule has 26 heavy (non-hydrogen) atoms. The fourth-order valence-corrected chi connectivity index (χ4v) is 3.49. The normalized spacial score (nSPS) is 18.1. The first-order chi connectivity index (χ1) is 12.3. The number of carboxylic acid groups (broad SMARTS) is 1. The number of carboxylic acids is 1. The van der Waals surface area contributed by atoms with E-state index in [0.29, 0.717) is 45.2 Å². The van der Waals surface area contributed by atoms with E-state index >= 15 is 0 Å². The summed E-state index contributed by atoms with van der Waals surface area (Å²) in [6, 6.07) is 0. The highest BCUT2D eigenvalue weighted by atomic mass is 16.4. The molecule has 1 heterocycles. The second-order valence-electron chi connectivity index (χ2n) is 6.84. The molecular weight excluding hydrogens is 331 g/mol. The molecule has 7 heteroatoms. The van der Waals surface area contributed by atoms with Crippen molar-refractivity contribution in [1.82, 2.24) is 4.90 Å². The van der Waals surface area contributed by atoms with Gasteiger partial charge in [0.05, 0.1) is 0 Å². The summed E-state index contributed by atoms with van der Waals surface area (Å²) in [6.07, 6.45) is 8.25. The number of carbonyl (C=O) groups is 1. The first-order valence-electron chi connectivity index (χ1n) is 9.04. The quantitative estimate of drug-likeness (QED) is 0.254. The molecule has 6 nitrogen and oxygen atoms in total. The maximum Gasteiger partial charge on any atom is 0.451 e. The highest BCUT2D eigenvalue weighted by molar-refractivity contribution is 6.40. The van der Waals surface area contributed by atoms with E-state index in [1.165, 1.54) is 0 Å². The summed E-state index contributed by atoms with van der Waals surface area (Å²) in [5.74, 6) is -1.11. The molecule has 144 valence electrons. The lowest BCUT2D eigenvalue weighted by Crippen LogP contribution is -2.56. The Balaban J connectivity index is 2.68. The van der Waals surface area contributed by atoms with Gasteiger partial charge in [-0.25, -0.2) is 0 Å². The van der Waals surface area contributed by atoms with Crippen LogP contribution >= 0.6 is 0 Å². The molecule has 1 fully saturated rings. The number of unbranched alkanes of at least 4 members (excludes halogenated alkanes) is 1. The van der Waals surface area contributed by atoms with Gasteiger partial charge >= 0.3 is 13.1 Å². The fourth-order valence-electron chi connectivity index (χ4n) is 3.49. The van der Waals surface area contributed by atoms with E-state index in [2.05, 4.69) is 24.6 Å². The zero-order valence-corrected chi connectivity index (χ0v) is 15.4. The summed E-state index contributed by atoms with van der Waals surface area (Å²) < 4.78 is 0. The van der Waals surface area contributed by atoms with Crippen LogP contribution in [0.15, 0.2) is 49.2 Å². The third-order valence-electron chi connectivity index (χ3n) is 5.16. The van der Waals surface area contributed by atoms with Gasteiger partial charge in [0.15, 0.2) is 0 Å². The summed E-state index contributed by atoms with van der Waals surface area (Å²) in [5.41, 5.74) is 6.75. The monoisotopic (exact) mass is 362 g/mol. The number of likely N-dealkylation sites (tertiary alicyclic amines) is 1. The second kappa shape index (κ2) is 10.4. The van der Waals surface area contributed by atoms with Crippen molar-refractivity contribution in [2.45, 2.75) is 44.0 Å². The zero-order chi connectivity index (χ0) is 19.7. The van der Waals surface area contributed by atoms with E-state index in [1.807, 2.05) is 6.08 Å². The number of hydrogen-bond donors (Lipinski definition) is 4. The van der Waals surface area contributed by atoms with E-state index in [-0.39, 0.29) is 12.2 Å². The van der Waals surface area contributed by atoms with Gasteiger partial charge in [0.1, 0.15) is 5.54 Å². The number of rotatable bonds is 11. The van der Waals surface area contributed by atoms with Crippen LogP contribution in [0.25, 0.3) is 0 Å². The van der Waals surface area contributed by atoms with Gasteiger partial charge in [0.2, 0.25) is 0 Å². The second-order valence-corrected chi connectivity index (χ2v) is 6.84. The Morgan fingerprint density at radius 2 is 1.88 bits per heavy atom. The van der Waals surface area contributed by atoms with Crippen LogP contribution in [-0.2, 0) is 4.79 Å². The first kappa shape index (κ1) is 22.2. The molecule has 0 saturated carbocycles. The molecule has 5 N–H and O–H groups in total. The fraction of sp³-hybridized carbons (Fsp3) is 0.526. The number of piperidine rings is 1. The average molecular weight is 362 g/mol. The van der Waals surface area contributed by atoms with Crippen LogP contribution in [0.2, 0.25) is 6.32 Å². The SMILES string of the molecule is C=C/C=C(\C=C)C(=C)N1CCC(C(N)(CCCCB(O)O)C(=O)O)CC1. The molecule has 0 radical (unpaired) electrons. The van der Waals surface area contributed by atoms with Crippen LogP contribution in [0.4, 0.5) is 0 Å². The van der Waals surface area contributed by atoms with E-state index < -0.39 is 18.6 Å². The molecule has 0 bridgehead atoms. The lowest BCUT2D eigenvalue weighted by molar-refractivity contribution is -0.146. The minimum Gasteiger partial charge on any atom is -0.480 e. The van der Waals surface area contributed by atoms with Crippen molar-refractivity contribution in [2.24, 2.45) is 11.7 Å². The Bertz CT molecular complexity index is 554. The Labute approximate surface area is 156 Å². The molecule has 1 saturated heterocycles. The summed E-state index contributed by atoms with van der Waals surface area (Å²) in [4.78, 5) is 13.9. The molecule has 0 amide bonds. The molecule has 1 unspecified atom stereocenters. The largest absolute Gasteiger partial charge is 0.480 e. The summed E-state index contributed by atoms with van der Waals surface area (Å²) in [7, 11) is -1.36. The van der Waals surface area contributed by atoms with Crippen molar-refractivity contribution in [2.75, 3.05) is 13.1 Å². The maximum atomic E-state index is 11.8. The third-order valence-corrected chi connectivity index (χ3v) is 5.16. The van der Waals surface area contributed by atoms with E-state index in [9.17, 15) is 9.90 Å². The van der Waals surface area contributed by atoms with Crippen LogP contribution in [0.5, 0.6) is 0 Å². The lowest BCUT2D eigenvalue weighted by Gasteiger charge is -2.41. The van der Waals surface area contributed by atoms with E-state index in [0.717, 1.165) is 11.3 Å². The van der Waals surface area contributed by atoms with Crippen LogP contribution in [0.3, 0.4) is 0 Å². The lowest BCUT2D eigenvalue weighted by atomic mass is 9.74. The number of nitrogens with zero attached hydrogens (tertiary/aromatic N) is 1. The molecule has 0 aromatic rings. The minimum absolute atomic E-state index is 0.126. The molecule has 1 aliphatic rings. The van der Waals surface area contributed by atoms with Gasteiger partial charge in [0.25, 0.3) is 0 Å². The van der Waals surface area contributed by atoms with Gasteiger partial charge in [-0.05, 0) is 37.1 Å². The minimum atomic E-state index is -1.36. The van der Waals surface area contributed by atoms with Gasteiger partial charge in [-0.15, -0.1) is 0 Å². The first-order valence-corrected chi connectivity index (χ1v) is 9.04. The Kier molecular flexibility index (Phi) is 8.85. The molecule has 1 aliphatic heterocycles. The van der Waals surface area contributed by atoms with Gasteiger partial charge in [-0.1, -0.05) is 50.8 Å². The number of allylic oxidation sites excluding steroid dienone is 3. The van der Waals surface area contributed by atoms with Crippen molar-refractivity contribution >= 4 is 13.1 Å². The summed E-state index contributed by atoms with van der Waals surface area (Å²) >= 11 is 0. The number of hydrogen-bond acceptors (Lipinski definition) is 5. The summed E-state index contributed by atoms with van der Waals surface area (Å²) in [6.45, 7) is 13.0. The average Bonchev–Trinajstić information content (AvgIpc) is 2.62. The van der Waals surface area contributed by atoms with E-state index in [1.54, 1.807) is 12.2 Å².